The molecule has 0 fully saturated rings. The fraction of sp³-hybridized carbons (Fsp3) is 0.667. The highest BCUT2D eigenvalue weighted by atomic mass is 16.1. The van der Waals surface area contributed by atoms with Gasteiger partial charge in [0, 0.05) is 12.1 Å². The normalized spacial score (nSPS) is 13.4. The molecule has 0 aliphatic rings. The van der Waals surface area contributed by atoms with Gasteiger partial charge in [0.15, 0.2) is 0 Å². The van der Waals surface area contributed by atoms with Gasteiger partial charge in [0.25, 0.3) is 0 Å². The van der Waals surface area contributed by atoms with Crippen molar-refractivity contribution < 1.29 is 9.28 Å². The number of rotatable bonds is 7. The minimum absolute atomic E-state index is 0.0739. The number of nitrogens with zero attached hydrogens (tertiary/aromatic N) is 1. The first-order valence-corrected chi connectivity index (χ1v) is 6.68. The summed E-state index contributed by atoms with van der Waals surface area (Å²) in [6.07, 6.45) is 7.90. The third kappa shape index (κ3) is 8.99. The summed E-state index contributed by atoms with van der Waals surface area (Å²) >= 11 is 0. The van der Waals surface area contributed by atoms with Gasteiger partial charge in [-0.3, -0.25) is 4.79 Å². The first kappa shape index (κ1) is 16.9. The maximum absolute atomic E-state index is 11.9. The summed E-state index contributed by atoms with van der Waals surface area (Å²) in [5.74, 6) is 0.565. The van der Waals surface area contributed by atoms with Crippen LogP contribution in [0.1, 0.15) is 33.6 Å². The van der Waals surface area contributed by atoms with E-state index in [1.807, 2.05) is 13.0 Å². The van der Waals surface area contributed by atoms with Crippen LogP contribution in [0, 0.1) is 5.92 Å². The molecule has 104 valence electrons. The van der Waals surface area contributed by atoms with Crippen LogP contribution in [0.15, 0.2) is 23.9 Å². The van der Waals surface area contributed by atoms with Gasteiger partial charge in [-0.1, -0.05) is 19.9 Å². The quantitative estimate of drug-likeness (QED) is 0.548. The van der Waals surface area contributed by atoms with Crippen molar-refractivity contribution in [1.29, 1.82) is 0 Å². The summed E-state index contributed by atoms with van der Waals surface area (Å²) in [5.41, 5.74) is 0.877. The number of quaternary nitrogens is 1. The van der Waals surface area contributed by atoms with E-state index in [1.54, 1.807) is 0 Å². The van der Waals surface area contributed by atoms with E-state index in [4.69, 9.17) is 0 Å². The van der Waals surface area contributed by atoms with E-state index in [0.717, 1.165) is 29.4 Å². The summed E-state index contributed by atoms with van der Waals surface area (Å²) in [7, 11) is 6.34. The Hall–Kier alpha value is -1.09. The molecular weight excluding hydrogens is 224 g/mol. The van der Waals surface area contributed by atoms with Crippen LogP contribution < -0.4 is 5.32 Å². The van der Waals surface area contributed by atoms with Crippen molar-refractivity contribution in [2.24, 2.45) is 5.92 Å². The van der Waals surface area contributed by atoms with Crippen molar-refractivity contribution in [3.05, 3.63) is 23.9 Å². The van der Waals surface area contributed by atoms with Crippen molar-refractivity contribution in [2.45, 2.75) is 33.6 Å². The molecule has 0 radical (unpaired) electrons. The van der Waals surface area contributed by atoms with Crippen LogP contribution >= 0.6 is 0 Å². The molecule has 3 heteroatoms. The molecular formula is C15H29N2O+. The smallest absolute Gasteiger partial charge is 0.246 e. The Kier molecular flexibility index (Phi) is 7.60. The Morgan fingerprint density at radius 3 is 2.33 bits per heavy atom. The van der Waals surface area contributed by atoms with Gasteiger partial charge < -0.3 is 9.80 Å². The number of hydrogen-bond acceptors (Lipinski definition) is 1. The van der Waals surface area contributed by atoms with Gasteiger partial charge in [0.1, 0.15) is 0 Å². The monoisotopic (exact) mass is 253 g/mol. The number of amides is 1. The first-order chi connectivity index (χ1) is 8.26. The molecule has 18 heavy (non-hydrogen) atoms. The highest BCUT2D eigenvalue weighted by Gasteiger charge is 2.08. The van der Waals surface area contributed by atoms with E-state index in [9.17, 15) is 4.79 Å². The molecule has 0 aliphatic carbocycles. The van der Waals surface area contributed by atoms with Crippen LogP contribution in [0.5, 0.6) is 0 Å². The minimum atomic E-state index is 0.0739. The number of nitrogens with one attached hydrogen (secondary N) is 1. The third-order valence-corrected chi connectivity index (χ3v) is 2.44. The molecule has 1 amide bonds. The molecule has 0 rings (SSSR count). The second-order valence-corrected chi connectivity index (χ2v) is 5.96. The SMILES string of the molecule is C/C=C(\CCC=C[N+](C)(C)C)C(=O)NCC(C)C. The molecule has 0 spiro atoms. The lowest BCUT2D eigenvalue weighted by Gasteiger charge is -2.17. The van der Waals surface area contributed by atoms with E-state index in [0.29, 0.717) is 5.92 Å². The van der Waals surface area contributed by atoms with Crippen molar-refractivity contribution in [3.8, 4) is 0 Å². The topological polar surface area (TPSA) is 29.1 Å². The zero-order valence-corrected chi connectivity index (χ0v) is 12.8. The lowest BCUT2D eigenvalue weighted by Crippen LogP contribution is -2.28. The average molecular weight is 253 g/mol. The van der Waals surface area contributed by atoms with E-state index < -0.39 is 0 Å². The van der Waals surface area contributed by atoms with E-state index in [1.165, 1.54) is 0 Å². The second kappa shape index (κ2) is 8.09. The highest BCUT2D eigenvalue weighted by molar-refractivity contribution is 5.93. The standard InChI is InChI=1S/C15H28N2O/c1-7-14(15(18)16-12-13(2)3)10-8-9-11-17(4,5)6/h7,9,11,13H,8,10,12H2,1-6H3/p+1/b11-9?,14-7+. The van der Waals surface area contributed by atoms with Crippen LogP contribution in [-0.2, 0) is 4.79 Å². The van der Waals surface area contributed by atoms with E-state index in [2.05, 4.69) is 52.6 Å². The van der Waals surface area contributed by atoms with Crippen LogP contribution in [0.4, 0.5) is 0 Å². The lowest BCUT2D eigenvalue weighted by atomic mass is 10.1. The van der Waals surface area contributed by atoms with Gasteiger partial charge in [-0.05, 0) is 31.8 Å². The molecule has 0 atom stereocenters. The molecule has 0 aromatic heterocycles. The first-order valence-electron chi connectivity index (χ1n) is 6.68. The lowest BCUT2D eigenvalue weighted by molar-refractivity contribution is -0.817. The Bertz CT molecular complexity index is 309. The van der Waals surface area contributed by atoms with Gasteiger partial charge in [-0.25, -0.2) is 0 Å². The average Bonchev–Trinajstić information content (AvgIpc) is 2.24. The zero-order valence-electron chi connectivity index (χ0n) is 12.8. The minimum Gasteiger partial charge on any atom is -0.352 e. The van der Waals surface area contributed by atoms with Crippen molar-refractivity contribution in [1.82, 2.24) is 5.32 Å². The predicted octanol–water partition coefficient (Wildman–Crippen LogP) is 2.71. The van der Waals surface area contributed by atoms with Crippen molar-refractivity contribution in [2.75, 3.05) is 27.7 Å². The van der Waals surface area contributed by atoms with Gasteiger partial charge in [-0.15, -0.1) is 0 Å². The maximum Gasteiger partial charge on any atom is 0.246 e. The van der Waals surface area contributed by atoms with Gasteiger partial charge in [0.2, 0.25) is 5.91 Å². The molecule has 0 saturated carbocycles. The Balaban J connectivity index is 4.13. The summed E-state index contributed by atoms with van der Waals surface area (Å²) in [5, 5.41) is 2.96. The van der Waals surface area contributed by atoms with Crippen LogP contribution in [0.3, 0.4) is 0 Å². The molecule has 0 heterocycles. The number of carbonyl (C=O) groups excluding carboxylic acids is 1. The fourth-order valence-corrected chi connectivity index (χ4v) is 1.43. The molecule has 0 aromatic rings. The van der Waals surface area contributed by atoms with Gasteiger partial charge in [-0.2, -0.15) is 0 Å². The second-order valence-electron chi connectivity index (χ2n) is 5.96. The Labute approximate surface area is 112 Å². The molecule has 0 unspecified atom stereocenters. The molecule has 0 bridgehead atoms. The largest absolute Gasteiger partial charge is 0.352 e. The maximum atomic E-state index is 11.9. The predicted molar refractivity (Wildman–Crippen MR) is 78.0 cm³/mol. The van der Waals surface area contributed by atoms with E-state index >= 15 is 0 Å². The van der Waals surface area contributed by atoms with Crippen molar-refractivity contribution in [3.63, 3.8) is 0 Å². The van der Waals surface area contributed by atoms with Gasteiger partial charge in [0.05, 0.1) is 27.3 Å². The summed E-state index contributed by atoms with van der Waals surface area (Å²) in [4.78, 5) is 11.9. The number of allylic oxidation sites excluding steroid dienone is 2. The summed E-state index contributed by atoms with van der Waals surface area (Å²) in [6.45, 7) is 6.86. The highest BCUT2D eigenvalue weighted by Crippen LogP contribution is 2.07. The molecule has 0 saturated heterocycles. The molecule has 0 aliphatic heterocycles. The van der Waals surface area contributed by atoms with Crippen molar-refractivity contribution >= 4 is 5.91 Å². The Morgan fingerprint density at radius 2 is 1.89 bits per heavy atom. The molecule has 0 aromatic carbocycles. The molecule has 1 N–H and O–H groups in total. The third-order valence-electron chi connectivity index (χ3n) is 2.44. The fourth-order valence-electron chi connectivity index (χ4n) is 1.43. The van der Waals surface area contributed by atoms with Gasteiger partial charge >= 0.3 is 0 Å². The number of hydrogen-bond donors (Lipinski definition) is 1. The molecule has 3 nitrogen and oxygen atoms in total. The van der Waals surface area contributed by atoms with Crippen LogP contribution in [-0.4, -0.2) is 38.1 Å². The van der Waals surface area contributed by atoms with Crippen LogP contribution in [0.2, 0.25) is 0 Å². The summed E-state index contributed by atoms with van der Waals surface area (Å²) in [6, 6.07) is 0. The number of carbonyl (C=O) groups is 1. The van der Waals surface area contributed by atoms with Crippen LogP contribution in [0.25, 0.3) is 0 Å². The summed E-state index contributed by atoms with van der Waals surface area (Å²) < 4.78 is 0.810. The Morgan fingerprint density at radius 1 is 1.28 bits per heavy atom. The van der Waals surface area contributed by atoms with E-state index in [-0.39, 0.29) is 5.91 Å². The zero-order chi connectivity index (χ0) is 14.2.